The number of carboxylic acids is 1. The number of hydrogen-bond acceptors (Lipinski definition) is 11. The van der Waals surface area contributed by atoms with E-state index in [9.17, 15) is 34.5 Å². The second-order valence-electron chi connectivity index (χ2n) is 23.1. The molecule has 85 heavy (non-hydrogen) atoms. The Labute approximate surface area is 517 Å². The minimum absolute atomic E-state index is 0.0487. The summed E-state index contributed by atoms with van der Waals surface area (Å²) in [7, 11) is 0. The van der Waals surface area contributed by atoms with Crippen LogP contribution in [0.5, 0.6) is 0 Å². The molecule has 0 amide bonds. The van der Waals surface area contributed by atoms with Crippen molar-refractivity contribution in [1.29, 1.82) is 0 Å². The zero-order valence-electron chi connectivity index (χ0n) is 53.8. The highest BCUT2D eigenvalue weighted by atomic mass is 16.7. The number of carbonyl (C=O) groups excluding carboxylic acids is 3. The molecule has 1 aliphatic rings. The highest BCUT2D eigenvalue weighted by Gasteiger charge is 2.50. The van der Waals surface area contributed by atoms with Crippen LogP contribution in [0.15, 0.2) is 97.2 Å². The molecular formula is C73H122O12. The van der Waals surface area contributed by atoms with Crippen molar-refractivity contribution in [3.8, 4) is 0 Å². The minimum Gasteiger partial charge on any atom is -0.479 e. The molecule has 12 nitrogen and oxygen atoms in total. The van der Waals surface area contributed by atoms with Crippen molar-refractivity contribution in [2.75, 3.05) is 13.2 Å². The van der Waals surface area contributed by atoms with Crippen molar-refractivity contribution < 1.29 is 58.2 Å². The molecule has 0 spiro atoms. The molecular weight excluding hydrogens is 1070 g/mol. The van der Waals surface area contributed by atoms with Crippen molar-refractivity contribution in [2.45, 2.75) is 327 Å². The van der Waals surface area contributed by atoms with Gasteiger partial charge in [-0.1, -0.05) is 246 Å². The van der Waals surface area contributed by atoms with E-state index in [0.29, 0.717) is 19.3 Å². The number of rotatable bonds is 58. The quantitative estimate of drug-likeness (QED) is 0.0228. The molecule has 3 N–H and O–H groups in total. The van der Waals surface area contributed by atoms with Crippen LogP contribution in [0.3, 0.4) is 0 Å². The first-order valence-electron chi connectivity index (χ1n) is 34.2. The van der Waals surface area contributed by atoms with E-state index in [-0.39, 0.29) is 25.9 Å². The third-order valence-corrected chi connectivity index (χ3v) is 15.1. The summed E-state index contributed by atoms with van der Waals surface area (Å²) in [5, 5.41) is 31.7. The molecule has 1 saturated heterocycles. The monoisotopic (exact) mass is 1190 g/mol. The van der Waals surface area contributed by atoms with Gasteiger partial charge in [0, 0.05) is 19.3 Å². The van der Waals surface area contributed by atoms with Gasteiger partial charge in [0.15, 0.2) is 24.6 Å². The standard InChI is InChI=1S/C73H122O12/c1-4-7-10-13-16-19-22-25-28-31-33-36-38-41-44-47-50-53-56-59-65(74)81-62-64(83-66(75)60-57-54-51-48-45-42-39-35-30-27-24-21-18-15-12-9-6-3)63-82-73-71(69(78)68(77)70(85-73)72(79)80)84-67(76)61-58-55-52-49-46-43-40-37-34-32-29-26-23-20-17-14-11-8-5-2/h7,10,16-17,19-20,25-30,33,36,41,44,64,68-71,73,77-78H,4-6,8-9,11-15,18,21-24,31-32,34-35,37-40,42-43,45-63H2,1-3H3,(H,79,80)/b10-7-,19-16-,20-17-,28-25-,29-26-,30-27-,36-33-,44-41-. The van der Waals surface area contributed by atoms with Crippen LogP contribution in [0.2, 0.25) is 0 Å². The zero-order chi connectivity index (χ0) is 61.7. The van der Waals surface area contributed by atoms with Crippen LogP contribution in [0, 0.1) is 0 Å². The van der Waals surface area contributed by atoms with Crippen LogP contribution >= 0.6 is 0 Å². The molecule has 0 radical (unpaired) electrons. The Morgan fingerprint density at radius 1 is 0.400 bits per heavy atom. The summed E-state index contributed by atoms with van der Waals surface area (Å²) in [5.41, 5.74) is 0. The second kappa shape index (κ2) is 59.9. The summed E-state index contributed by atoms with van der Waals surface area (Å²) in [5.74, 6) is -3.17. The van der Waals surface area contributed by atoms with Gasteiger partial charge in [0.1, 0.15) is 18.8 Å². The van der Waals surface area contributed by atoms with E-state index >= 15 is 0 Å². The topological polar surface area (TPSA) is 175 Å². The van der Waals surface area contributed by atoms with Gasteiger partial charge in [0.2, 0.25) is 0 Å². The summed E-state index contributed by atoms with van der Waals surface area (Å²) in [6.45, 7) is 5.85. The van der Waals surface area contributed by atoms with Gasteiger partial charge in [-0.25, -0.2) is 4.79 Å². The number of aliphatic carboxylic acids is 1. The van der Waals surface area contributed by atoms with Gasteiger partial charge >= 0.3 is 23.9 Å². The summed E-state index contributed by atoms with van der Waals surface area (Å²) in [4.78, 5) is 51.4. The summed E-state index contributed by atoms with van der Waals surface area (Å²) in [6.07, 6.45) is 67.8. The first kappa shape index (κ1) is 78.7. The Balaban J connectivity index is 2.67. The molecule has 486 valence electrons. The third kappa shape index (κ3) is 49.3. The van der Waals surface area contributed by atoms with Crippen LogP contribution in [-0.2, 0) is 42.9 Å². The molecule has 1 aliphatic heterocycles. The van der Waals surface area contributed by atoms with Gasteiger partial charge in [-0.2, -0.15) is 0 Å². The number of ether oxygens (including phenoxy) is 5. The Morgan fingerprint density at radius 3 is 1.18 bits per heavy atom. The van der Waals surface area contributed by atoms with Crippen LogP contribution in [0.1, 0.15) is 290 Å². The molecule has 0 aromatic rings. The van der Waals surface area contributed by atoms with Gasteiger partial charge in [-0.15, -0.1) is 0 Å². The van der Waals surface area contributed by atoms with Gasteiger partial charge in [-0.05, 0) is 122 Å². The highest BCUT2D eigenvalue weighted by molar-refractivity contribution is 5.74. The number of carbonyl (C=O) groups is 4. The van der Waals surface area contributed by atoms with Crippen molar-refractivity contribution >= 4 is 23.9 Å². The number of aliphatic hydroxyl groups is 2. The summed E-state index contributed by atoms with van der Waals surface area (Å²) >= 11 is 0. The first-order valence-corrected chi connectivity index (χ1v) is 34.2. The molecule has 0 saturated carbocycles. The zero-order valence-corrected chi connectivity index (χ0v) is 53.8. The largest absolute Gasteiger partial charge is 0.479 e. The molecule has 6 unspecified atom stereocenters. The Bertz CT molecular complexity index is 1840. The maximum atomic E-state index is 13.2. The fraction of sp³-hybridized carbons (Fsp3) is 0.726. The van der Waals surface area contributed by atoms with E-state index in [1.54, 1.807) is 0 Å². The molecule has 0 aromatic heterocycles. The average Bonchev–Trinajstić information content (AvgIpc) is 3.51. The van der Waals surface area contributed by atoms with Gasteiger partial charge in [0.25, 0.3) is 0 Å². The van der Waals surface area contributed by atoms with Gasteiger partial charge in [0.05, 0.1) is 6.61 Å². The van der Waals surface area contributed by atoms with E-state index < -0.39 is 67.3 Å². The van der Waals surface area contributed by atoms with Crippen LogP contribution in [-0.4, -0.2) is 89.2 Å². The lowest BCUT2D eigenvalue weighted by Gasteiger charge is -2.40. The van der Waals surface area contributed by atoms with E-state index in [1.165, 1.54) is 109 Å². The second-order valence-corrected chi connectivity index (χ2v) is 23.1. The third-order valence-electron chi connectivity index (χ3n) is 15.1. The average molecular weight is 1190 g/mol. The number of unbranched alkanes of at least 4 members (excludes halogenated alkanes) is 28. The Morgan fingerprint density at radius 2 is 0.741 bits per heavy atom. The van der Waals surface area contributed by atoms with E-state index in [1.807, 2.05) is 0 Å². The van der Waals surface area contributed by atoms with Crippen molar-refractivity contribution in [1.82, 2.24) is 0 Å². The lowest BCUT2D eigenvalue weighted by atomic mass is 9.98. The fourth-order valence-electron chi connectivity index (χ4n) is 9.89. The fourth-order valence-corrected chi connectivity index (χ4v) is 9.89. The minimum atomic E-state index is -1.91. The predicted molar refractivity (Wildman–Crippen MR) is 349 cm³/mol. The molecule has 0 aliphatic carbocycles. The Hall–Kier alpha value is -4.36. The molecule has 1 rings (SSSR count). The predicted octanol–water partition coefficient (Wildman–Crippen LogP) is 18.8. The number of esters is 3. The van der Waals surface area contributed by atoms with Gasteiger partial charge < -0.3 is 39.0 Å². The summed E-state index contributed by atoms with van der Waals surface area (Å²) in [6, 6.07) is 0. The first-order chi connectivity index (χ1) is 41.6. The van der Waals surface area contributed by atoms with Crippen molar-refractivity contribution in [2.24, 2.45) is 0 Å². The lowest BCUT2D eigenvalue weighted by molar-refractivity contribution is -0.301. The maximum Gasteiger partial charge on any atom is 0.335 e. The SMILES string of the molecule is CC/C=C\C/C=C\C/C=C\C/C=C\C/C=C\CCCCCC(=O)OCC(COC1OC(C(=O)O)C(O)C(O)C1OC(=O)CCCCCCCCCCC/C=C\C/C=C\CCCCC)OC(=O)CCCCCCCCC/C=C\CCCCCCCC. The van der Waals surface area contributed by atoms with E-state index in [0.717, 1.165) is 122 Å². The normalized spacial score (nSPS) is 18.1. The summed E-state index contributed by atoms with van der Waals surface area (Å²) < 4.78 is 28.6. The van der Waals surface area contributed by atoms with Crippen LogP contribution in [0.25, 0.3) is 0 Å². The number of hydrogen-bond donors (Lipinski definition) is 3. The van der Waals surface area contributed by atoms with E-state index in [2.05, 4.69) is 118 Å². The highest BCUT2D eigenvalue weighted by Crippen LogP contribution is 2.27. The van der Waals surface area contributed by atoms with Gasteiger partial charge in [-0.3, -0.25) is 14.4 Å². The number of carboxylic acid groups (broad SMARTS) is 1. The molecule has 1 heterocycles. The molecule has 6 atom stereocenters. The van der Waals surface area contributed by atoms with E-state index in [4.69, 9.17) is 23.7 Å². The van der Waals surface area contributed by atoms with Crippen molar-refractivity contribution in [3.05, 3.63) is 97.2 Å². The molecule has 1 fully saturated rings. The smallest absolute Gasteiger partial charge is 0.335 e. The molecule has 0 aromatic carbocycles. The maximum absolute atomic E-state index is 13.2. The molecule has 12 heteroatoms. The van der Waals surface area contributed by atoms with Crippen LogP contribution in [0.4, 0.5) is 0 Å². The Kier molecular flexibility index (Phi) is 55.5. The van der Waals surface area contributed by atoms with Crippen molar-refractivity contribution in [3.63, 3.8) is 0 Å². The molecule has 0 bridgehead atoms. The number of aliphatic hydroxyl groups excluding tert-OH is 2. The number of allylic oxidation sites excluding steroid dienone is 16. The van der Waals surface area contributed by atoms with Crippen LogP contribution < -0.4 is 0 Å². The lowest BCUT2D eigenvalue weighted by Crippen LogP contribution is -2.61.